The number of amides is 1. The summed E-state index contributed by atoms with van der Waals surface area (Å²) in [6.45, 7) is 3.74. The van der Waals surface area contributed by atoms with Gasteiger partial charge < -0.3 is 5.32 Å². The lowest BCUT2D eigenvalue weighted by molar-refractivity contribution is -0.112. The molecular formula is C13H15NO. The van der Waals surface area contributed by atoms with Gasteiger partial charge in [-0.3, -0.25) is 4.79 Å². The first-order valence-corrected chi connectivity index (χ1v) is 4.93. The Labute approximate surface area is 90.3 Å². The maximum atomic E-state index is 11.7. The van der Waals surface area contributed by atoms with Crippen LogP contribution in [0.25, 0.3) is 0 Å². The van der Waals surface area contributed by atoms with E-state index in [0.29, 0.717) is 5.57 Å². The standard InChI is InChI=1S/C13H15NO/c1-3-8-11(4-2)13(15)14-12-9-6-5-7-10-12/h3-10H,1-2H3,(H,14,15). The van der Waals surface area contributed by atoms with Gasteiger partial charge in [-0.15, -0.1) is 0 Å². The highest BCUT2D eigenvalue weighted by atomic mass is 16.1. The van der Waals surface area contributed by atoms with Crippen molar-refractivity contribution >= 4 is 11.6 Å². The van der Waals surface area contributed by atoms with Gasteiger partial charge in [0.05, 0.1) is 0 Å². The van der Waals surface area contributed by atoms with Crippen LogP contribution in [-0.2, 0) is 4.79 Å². The molecule has 0 aliphatic carbocycles. The van der Waals surface area contributed by atoms with E-state index >= 15 is 0 Å². The fraction of sp³-hybridized carbons (Fsp3) is 0.154. The van der Waals surface area contributed by atoms with E-state index < -0.39 is 0 Å². The lowest BCUT2D eigenvalue weighted by Gasteiger charge is -2.04. The molecule has 0 aromatic heterocycles. The summed E-state index contributed by atoms with van der Waals surface area (Å²) in [5.41, 5.74) is 1.48. The van der Waals surface area contributed by atoms with Crippen molar-refractivity contribution in [1.82, 2.24) is 0 Å². The second kappa shape index (κ2) is 5.81. The number of nitrogens with one attached hydrogen (secondary N) is 1. The normalized spacial score (nSPS) is 11.7. The van der Waals surface area contributed by atoms with Crippen LogP contribution in [0.4, 0.5) is 5.69 Å². The molecule has 0 aliphatic rings. The molecule has 15 heavy (non-hydrogen) atoms. The van der Waals surface area contributed by atoms with Gasteiger partial charge in [-0.1, -0.05) is 36.4 Å². The Morgan fingerprint density at radius 1 is 1.20 bits per heavy atom. The number of hydrogen-bond donors (Lipinski definition) is 1. The molecule has 1 amide bonds. The van der Waals surface area contributed by atoms with Crippen molar-refractivity contribution in [1.29, 1.82) is 0 Å². The number of anilines is 1. The third-order valence-corrected chi connectivity index (χ3v) is 1.95. The van der Waals surface area contributed by atoms with Gasteiger partial charge in [0.2, 0.25) is 0 Å². The van der Waals surface area contributed by atoms with Crippen LogP contribution < -0.4 is 5.32 Å². The highest BCUT2D eigenvalue weighted by Gasteiger charge is 2.04. The zero-order valence-corrected chi connectivity index (χ0v) is 9.03. The van der Waals surface area contributed by atoms with Crippen LogP contribution in [-0.4, -0.2) is 5.91 Å². The fourth-order valence-electron chi connectivity index (χ4n) is 1.21. The number of carbonyl (C=O) groups excluding carboxylic acids is 1. The number of hydrogen-bond acceptors (Lipinski definition) is 1. The van der Waals surface area contributed by atoms with E-state index in [-0.39, 0.29) is 5.91 Å². The van der Waals surface area contributed by atoms with Crippen LogP contribution in [0.15, 0.2) is 54.1 Å². The van der Waals surface area contributed by atoms with Gasteiger partial charge in [-0.2, -0.15) is 0 Å². The van der Waals surface area contributed by atoms with Gasteiger partial charge in [-0.25, -0.2) is 0 Å². The Bertz CT molecular complexity index is 377. The second-order valence-electron chi connectivity index (χ2n) is 3.06. The SMILES string of the molecule is CC=CC(=CC)C(=O)Nc1ccccc1. The van der Waals surface area contributed by atoms with Crippen LogP contribution in [0.3, 0.4) is 0 Å². The molecule has 2 heteroatoms. The molecule has 1 aromatic carbocycles. The summed E-state index contributed by atoms with van der Waals surface area (Å²) in [6.07, 6.45) is 5.43. The molecule has 1 aromatic rings. The van der Waals surface area contributed by atoms with Gasteiger partial charge in [0.25, 0.3) is 5.91 Å². The van der Waals surface area contributed by atoms with Crippen molar-refractivity contribution < 1.29 is 4.79 Å². The zero-order chi connectivity index (χ0) is 11.1. The zero-order valence-electron chi connectivity index (χ0n) is 9.03. The van der Waals surface area contributed by atoms with E-state index in [9.17, 15) is 4.79 Å². The van der Waals surface area contributed by atoms with E-state index in [1.807, 2.05) is 50.3 Å². The van der Waals surface area contributed by atoms with Gasteiger partial charge >= 0.3 is 0 Å². The molecule has 0 radical (unpaired) electrons. The molecule has 0 saturated heterocycles. The number of rotatable bonds is 3. The minimum Gasteiger partial charge on any atom is -0.322 e. The highest BCUT2D eigenvalue weighted by Crippen LogP contribution is 2.08. The van der Waals surface area contributed by atoms with E-state index in [2.05, 4.69) is 5.32 Å². The van der Waals surface area contributed by atoms with Crippen molar-refractivity contribution in [3.8, 4) is 0 Å². The molecule has 1 N–H and O–H groups in total. The molecule has 1 rings (SSSR count). The first-order chi connectivity index (χ1) is 7.27. The first-order valence-electron chi connectivity index (χ1n) is 4.93. The first kappa shape index (κ1) is 11.2. The summed E-state index contributed by atoms with van der Waals surface area (Å²) in [6, 6.07) is 9.42. The van der Waals surface area contributed by atoms with Crippen LogP contribution >= 0.6 is 0 Å². The molecular weight excluding hydrogens is 186 g/mol. The molecule has 0 bridgehead atoms. The average Bonchev–Trinajstić information content (AvgIpc) is 2.27. The smallest absolute Gasteiger partial charge is 0.255 e. The average molecular weight is 201 g/mol. The Balaban J connectivity index is 2.71. The molecule has 78 valence electrons. The molecule has 0 saturated carbocycles. The number of para-hydroxylation sites is 1. The number of allylic oxidation sites excluding steroid dienone is 2. The van der Waals surface area contributed by atoms with Crippen molar-refractivity contribution in [2.45, 2.75) is 13.8 Å². The monoisotopic (exact) mass is 201 g/mol. The van der Waals surface area contributed by atoms with Gasteiger partial charge in [0.1, 0.15) is 0 Å². The van der Waals surface area contributed by atoms with Gasteiger partial charge in [0, 0.05) is 11.3 Å². The van der Waals surface area contributed by atoms with Crippen LogP contribution in [0.2, 0.25) is 0 Å². The van der Waals surface area contributed by atoms with Crippen molar-refractivity contribution in [3.63, 3.8) is 0 Å². The summed E-state index contributed by atoms with van der Waals surface area (Å²) in [4.78, 5) is 11.7. The maximum Gasteiger partial charge on any atom is 0.255 e. The summed E-state index contributed by atoms with van der Waals surface area (Å²) >= 11 is 0. The lowest BCUT2D eigenvalue weighted by atomic mass is 10.2. The Kier molecular flexibility index (Phi) is 4.35. The third kappa shape index (κ3) is 3.43. The quantitative estimate of drug-likeness (QED) is 0.590. The number of carbonyl (C=O) groups is 1. The lowest BCUT2D eigenvalue weighted by Crippen LogP contribution is -2.12. The van der Waals surface area contributed by atoms with Crippen LogP contribution in [0, 0.1) is 0 Å². The van der Waals surface area contributed by atoms with Gasteiger partial charge in [0.15, 0.2) is 0 Å². The Hall–Kier alpha value is -1.83. The van der Waals surface area contributed by atoms with E-state index in [1.165, 1.54) is 0 Å². The molecule has 0 spiro atoms. The van der Waals surface area contributed by atoms with Crippen molar-refractivity contribution in [3.05, 3.63) is 54.1 Å². The molecule has 2 nitrogen and oxygen atoms in total. The van der Waals surface area contributed by atoms with Crippen molar-refractivity contribution in [2.75, 3.05) is 5.32 Å². The van der Waals surface area contributed by atoms with E-state index in [0.717, 1.165) is 5.69 Å². The molecule has 0 heterocycles. The molecule has 0 unspecified atom stereocenters. The minimum atomic E-state index is -0.0817. The third-order valence-electron chi connectivity index (χ3n) is 1.95. The van der Waals surface area contributed by atoms with E-state index in [1.54, 1.807) is 12.2 Å². The van der Waals surface area contributed by atoms with Crippen molar-refractivity contribution in [2.24, 2.45) is 0 Å². The number of benzene rings is 1. The topological polar surface area (TPSA) is 29.1 Å². The molecule has 0 atom stereocenters. The fourth-order valence-corrected chi connectivity index (χ4v) is 1.21. The predicted molar refractivity (Wildman–Crippen MR) is 63.6 cm³/mol. The molecule has 0 fully saturated rings. The Morgan fingerprint density at radius 2 is 1.87 bits per heavy atom. The summed E-state index contributed by atoms with van der Waals surface area (Å²) < 4.78 is 0. The molecule has 0 aliphatic heterocycles. The highest BCUT2D eigenvalue weighted by molar-refractivity contribution is 6.05. The van der Waals surface area contributed by atoms with E-state index in [4.69, 9.17) is 0 Å². The summed E-state index contributed by atoms with van der Waals surface area (Å²) in [5.74, 6) is -0.0817. The second-order valence-corrected chi connectivity index (χ2v) is 3.06. The van der Waals surface area contributed by atoms with Gasteiger partial charge in [-0.05, 0) is 26.0 Å². The summed E-state index contributed by atoms with van der Waals surface area (Å²) in [7, 11) is 0. The maximum absolute atomic E-state index is 11.7. The van der Waals surface area contributed by atoms with Crippen LogP contribution in [0.5, 0.6) is 0 Å². The minimum absolute atomic E-state index is 0.0817. The van der Waals surface area contributed by atoms with Crippen LogP contribution in [0.1, 0.15) is 13.8 Å². The summed E-state index contributed by atoms with van der Waals surface area (Å²) in [5, 5.41) is 2.82. The Morgan fingerprint density at radius 3 is 2.40 bits per heavy atom. The largest absolute Gasteiger partial charge is 0.322 e. The predicted octanol–water partition coefficient (Wildman–Crippen LogP) is 3.15.